The first-order valence-electron chi connectivity index (χ1n) is 8.20. The van der Waals surface area contributed by atoms with Gasteiger partial charge in [-0.2, -0.15) is 0 Å². The van der Waals surface area contributed by atoms with Crippen LogP contribution in [0.25, 0.3) is 0 Å². The smallest absolute Gasteiger partial charge is 0.236 e. The van der Waals surface area contributed by atoms with Crippen LogP contribution in [0.2, 0.25) is 0 Å². The second-order valence-corrected chi connectivity index (χ2v) is 8.99. The zero-order valence-corrected chi connectivity index (χ0v) is 14.7. The Morgan fingerprint density at radius 3 is 2.41 bits per heavy atom. The number of hydrogen-bond donors (Lipinski definition) is 1. The lowest BCUT2D eigenvalue weighted by Gasteiger charge is -2.38. The van der Waals surface area contributed by atoms with Gasteiger partial charge in [-0.1, -0.05) is 13.8 Å². The summed E-state index contributed by atoms with van der Waals surface area (Å²) in [5.41, 5.74) is 0. The van der Waals surface area contributed by atoms with Crippen LogP contribution in [-0.2, 0) is 14.8 Å². The molecule has 128 valence electrons. The van der Waals surface area contributed by atoms with Crippen LogP contribution >= 0.6 is 0 Å². The zero-order valence-electron chi connectivity index (χ0n) is 13.9. The standard InChI is InChI=1S/C15H29N3O3S/c1-12-7-13(2)9-18(8-12)15(19)11-17-6-4-5-14(10-17)16-22(3,20)21/h12-14,16H,4-11H2,1-3H3. The number of nitrogens with zero attached hydrogens (tertiary/aromatic N) is 2. The van der Waals surface area contributed by atoms with E-state index in [9.17, 15) is 13.2 Å². The molecule has 0 aromatic carbocycles. The van der Waals surface area contributed by atoms with Gasteiger partial charge in [0, 0.05) is 25.7 Å². The number of likely N-dealkylation sites (tertiary alicyclic amines) is 2. The van der Waals surface area contributed by atoms with Crippen LogP contribution in [-0.4, -0.2) is 69.1 Å². The van der Waals surface area contributed by atoms with Crippen LogP contribution in [0.5, 0.6) is 0 Å². The highest BCUT2D eigenvalue weighted by Crippen LogP contribution is 2.21. The number of nitrogens with one attached hydrogen (secondary N) is 1. The minimum absolute atomic E-state index is 0.0734. The lowest BCUT2D eigenvalue weighted by atomic mass is 9.92. The Morgan fingerprint density at radius 1 is 1.18 bits per heavy atom. The van der Waals surface area contributed by atoms with Gasteiger partial charge in [0.15, 0.2) is 0 Å². The lowest BCUT2D eigenvalue weighted by Crippen LogP contribution is -2.52. The number of carbonyl (C=O) groups excluding carboxylic acids is 1. The molecule has 1 amide bonds. The Bertz CT molecular complexity index is 484. The van der Waals surface area contributed by atoms with Crippen LogP contribution in [0.3, 0.4) is 0 Å². The molecule has 0 aliphatic carbocycles. The van der Waals surface area contributed by atoms with Crippen LogP contribution in [0.15, 0.2) is 0 Å². The molecule has 3 atom stereocenters. The number of rotatable bonds is 4. The molecule has 0 spiro atoms. The molecule has 2 saturated heterocycles. The third-order valence-corrected chi connectivity index (χ3v) is 5.23. The summed E-state index contributed by atoms with van der Waals surface area (Å²) < 4.78 is 25.3. The van der Waals surface area contributed by atoms with Gasteiger partial charge in [0.25, 0.3) is 0 Å². The molecular formula is C15H29N3O3S. The van der Waals surface area contributed by atoms with Gasteiger partial charge >= 0.3 is 0 Å². The van der Waals surface area contributed by atoms with Crippen molar-refractivity contribution in [1.82, 2.24) is 14.5 Å². The van der Waals surface area contributed by atoms with Crippen molar-refractivity contribution in [3.05, 3.63) is 0 Å². The number of hydrogen-bond acceptors (Lipinski definition) is 4. The summed E-state index contributed by atoms with van der Waals surface area (Å²) in [6, 6.07) is -0.0734. The molecule has 7 heteroatoms. The van der Waals surface area contributed by atoms with Crippen LogP contribution in [0, 0.1) is 11.8 Å². The first kappa shape index (κ1) is 17.7. The third kappa shape index (κ3) is 5.52. The van der Waals surface area contributed by atoms with Crippen molar-refractivity contribution in [2.45, 2.75) is 39.2 Å². The van der Waals surface area contributed by atoms with E-state index in [1.54, 1.807) is 0 Å². The maximum atomic E-state index is 12.5. The molecule has 22 heavy (non-hydrogen) atoms. The second-order valence-electron chi connectivity index (χ2n) is 7.21. The predicted octanol–water partition coefficient (Wildman–Crippen LogP) is 0.505. The molecule has 0 radical (unpaired) electrons. The van der Waals surface area contributed by atoms with E-state index >= 15 is 0 Å². The van der Waals surface area contributed by atoms with Gasteiger partial charge in [-0.3, -0.25) is 9.69 Å². The quantitative estimate of drug-likeness (QED) is 0.815. The van der Waals surface area contributed by atoms with E-state index in [1.165, 1.54) is 12.7 Å². The maximum Gasteiger partial charge on any atom is 0.236 e. The lowest BCUT2D eigenvalue weighted by molar-refractivity contribution is -0.135. The summed E-state index contributed by atoms with van der Waals surface area (Å²) in [6.45, 7) is 7.99. The summed E-state index contributed by atoms with van der Waals surface area (Å²) in [7, 11) is -3.18. The van der Waals surface area contributed by atoms with Gasteiger partial charge in [-0.05, 0) is 37.6 Å². The average molecular weight is 331 g/mol. The first-order chi connectivity index (χ1) is 10.2. The Kier molecular flexibility index (Phi) is 5.85. The first-order valence-corrected chi connectivity index (χ1v) is 10.1. The fraction of sp³-hybridized carbons (Fsp3) is 0.933. The van der Waals surface area contributed by atoms with Crippen molar-refractivity contribution < 1.29 is 13.2 Å². The topological polar surface area (TPSA) is 69.7 Å². The van der Waals surface area contributed by atoms with Gasteiger partial charge in [0.1, 0.15) is 0 Å². The maximum absolute atomic E-state index is 12.5. The summed E-state index contributed by atoms with van der Waals surface area (Å²) in [4.78, 5) is 16.6. The molecule has 6 nitrogen and oxygen atoms in total. The van der Waals surface area contributed by atoms with Gasteiger partial charge in [0.2, 0.25) is 15.9 Å². The minimum atomic E-state index is -3.18. The largest absolute Gasteiger partial charge is 0.341 e. The Morgan fingerprint density at radius 2 is 1.82 bits per heavy atom. The van der Waals surface area contributed by atoms with E-state index in [2.05, 4.69) is 23.5 Å². The number of sulfonamides is 1. The Hall–Kier alpha value is -0.660. The molecule has 2 aliphatic heterocycles. The highest BCUT2D eigenvalue weighted by Gasteiger charge is 2.28. The van der Waals surface area contributed by atoms with Crippen LogP contribution in [0.4, 0.5) is 0 Å². The highest BCUT2D eigenvalue weighted by atomic mass is 32.2. The van der Waals surface area contributed by atoms with E-state index in [0.717, 1.165) is 32.5 Å². The predicted molar refractivity (Wildman–Crippen MR) is 87.0 cm³/mol. The highest BCUT2D eigenvalue weighted by molar-refractivity contribution is 7.88. The summed E-state index contributed by atoms with van der Waals surface area (Å²) >= 11 is 0. The van der Waals surface area contributed by atoms with Crippen molar-refractivity contribution in [2.75, 3.05) is 39.0 Å². The molecule has 0 saturated carbocycles. The van der Waals surface area contributed by atoms with Crippen molar-refractivity contribution in [1.29, 1.82) is 0 Å². The molecule has 2 fully saturated rings. The number of carbonyl (C=O) groups is 1. The van der Waals surface area contributed by atoms with Gasteiger partial charge in [0.05, 0.1) is 12.8 Å². The molecule has 0 aromatic rings. The third-order valence-electron chi connectivity index (χ3n) is 4.47. The monoisotopic (exact) mass is 331 g/mol. The fourth-order valence-corrected chi connectivity index (χ4v) is 4.55. The van der Waals surface area contributed by atoms with E-state index in [-0.39, 0.29) is 11.9 Å². The minimum Gasteiger partial charge on any atom is -0.341 e. The fourth-order valence-electron chi connectivity index (χ4n) is 3.76. The van der Waals surface area contributed by atoms with Crippen molar-refractivity contribution in [2.24, 2.45) is 11.8 Å². The second kappa shape index (κ2) is 7.27. The molecule has 1 N–H and O–H groups in total. The van der Waals surface area contributed by atoms with Gasteiger partial charge in [-0.25, -0.2) is 13.1 Å². The Labute approximate surface area is 134 Å². The van der Waals surface area contributed by atoms with Crippen molar-refractivity contribution in [3.8, 4) is 0 Å². The summed E-state index contributed by atoms with van der Waals surface area (Å²) in [5, 5.41) is 0. The van der Waals surface area contributed by atoms with Gasteiger partial charge in [-0.15, -0.1) is 0 Å². The van der Waals surface area contributed by atoms with Crippen LogP contribution < -0.4 is 4.72 Å². The number of amides is 1. The molecule has 0 aromatic heterocycles. The van der Waals surface area contributed by atoms with E-state index in [0.29, 0.717) is 24.9 Å². The molecule has 2 heterocycles. The van der Waals surface area contributed by atoms with Crippen LogP contribution in [0.1, 0.15) is 33.1 Å². The van der Waals surface area contributed by atoms with Crippen molar-refractivity contribution in [3.63, 3.8) is 0 Å². The van der Waals surface area contributed by atoms with E-state index in [4.69, 9.17) is 0 Å². The SMILES string of the molecule is CC1CC(C)CN(C(=O)CN2CCCC(NS(C)(=O)=O)C2)C1. The number of piperidine rings is 2. The normalized spacial score (nSPS) is 31.2. The summed E-state index contributed by atoms with van der Waals surface area (Å²) in [5.74, 6) is 1.31. The van der Waals surface area contributed by atoms with E-state index < -0.39 is 10.0 Å². The molecular weight excluding hydrogens is 302 g/mol. The molecule has 0 bridgehead atoms. The average Bonchev–Trinajstić information content (AvgIpc) is 2.35. The molecule has 3 unspecified atom stereocenters. The zero-order chi connectivity index (χ0) is 16.3. The molecule has 2 rings (SSSR count). The molecule has 2 aliphatic rings. The van der Waals surface area contributed by atoms with Gasteiger partial charge < -0.3 is 4.90 Å². The Balaban J connectivity index is 1.85. The summed E-state index contributed by atoms with van der Waals surface area (Å²) in [6.07, 6.45) is 4.14. The van der Waals surface area contributed by atoms with E-state index in [1.807, 2.05) is 4.90 Å². The van der Waals surface area contributed by atoms with Crippen molar-refractivity contribution >= 4 is 15.9 Å².